The number of alkyl halides is 4. The average Bonchev–Trinajstić information content (AvgIpc) is 2.93. The van der Waals surface area contributed by atoms with Crippen LogP contribution in [0.2, 0.25) is 0 Å². The zero-order chi connectivity index (χ0) is 29.9. The van der Waals surface area contributed by atoms with Crippen molar-refractivity contribution in [3.8, 4) is 51.4 Å². The molecule has 2 aliphatic rings. The van der Waals surface area contributed by atoms with Crippen molar-refractivity contribution in [2.24, 2.45) is 5.92 Å². The Morgan fingerprint density at radius 1 is 0.905 bits per heavy atom. The standard InChI is InChI=1S/C29H24F4N2O7/c30-9-13-11-35(12-13)5-6-41-28-25(39)23(37)22(24(38)26(28)40)27-21-17-4-2-15(36)8-19(17)34-10-18(21)16-3-1-14(29(31,32)33)7-20(16)42-27/h1-4,7-8,10,13,27,36-40H,5-6,9,11-12H2. The molecule has 0 aliphatic carbocycles. The maximum Gasteiger partial charge on any atom is 0.416 e. The number of hydrogen-bond acceptors (Lipinski definition) is 9. The predicted molar refractivity (Wildman–Crippen MR) is 141 cm³/mol. The molecule has 1 unspecified atom stereocenters. The van der Waals surface area contributed by atoms with E-state index in [-0.39, 0.29) is 40.7 Å². The average molecular weight is 589 g/mol. The van der Waals surface area contributed by atoms with Gasteiger partial charge in [0.1, 0.15) is 18.1 Å². The van der Waals surface area contributed by atoms with Gasteiger partial charge < -0.3 is 35.0 Å². The first kappa shape index (κ1) is 27.5. The van der Waals surface area contributed by atoms with Crippen LogP contribution in [-0.2, 0) is 6.18 Å². The van der Waals surface area contributed by atoms with Crippen LogP contribution >= 0.6 is 0 Å². The number of ether oxygens (including phenoxy) is 2. The van der Waals surface area contributed by atoms with Gasteiger partial charge in [-0.25, -0.2) is 0 Å². The summed E-state index contributed by atoms with van der Waals surface area (Å²) >= 11 is 0. The lowest BCUT2D eigenvalue weighted by molar-refractivity contribution is -0.137. The highest BCUT2D eigenvalue weighted by Crippen LogP contribution is 2.58. The van der Waals surface area contributed by atoms with E-state index in [1.165, 1.54) is 30.5 Å². The molecule has 0 spiro atoms. The minimum atomic E-state index is -4.70. The number of aromatic hydroxyl groups is 5. The van der Waals surface area contributed by atoms with Crippen LogP contribution in [0, 0.1) is 5.92 Å². The van der Waals surface area contributed by atoms with Crippen LogP contribution < -0.4 is 9.47 Å². The van der Waals surface area contributed by atoms with Crippen molar-refractivity contribution in [3.63, 3.8) is 0 Å². The van der Waals surface area contributed by atoms with E-state index in [9.17, 15) is 43.1 Å². The van der Waals surface area contributed by atoms with E-state index < -0.39 is 58.8 Å². The summed E-state index contributed by atoms with van der Waals surface area (Å²) in [4.78, 5) is 6.19. The first-order chi connectivity index (χ1) is 20.0. The quantitative estimate of drug-likeness (QED) is 0.117. The normalized spacial score (nSPS) is 16.9. The van der Waals surface area contributed by atoms with E-state index in [2.05, 4.69) is 4.98 Å². The van der Waals surface area contributed by atoms with Gasteiger partial charge in [-0.2, -0.15) is 13.2 Å². The number of halogens is 4. The van der Waals surface area contributed by atoms with Crippen molar-refractivity contribution < 1.29 is 52.6 Å². The van der Waals surface area contributed by atoms with E-state index in [4.69, 9.17) is 9.47 Å². The fourth-order valence-electron chi connectivity index (χ4n) is 5.42. The Morgan fingerprint density at radius 2 is 1.62 bits per heavy atom. The third kappa shape index (κ3) is 4.49. The lowest BCUT2D eigenvalue weighted by Crippen LogP contribution is -2.49. The molecule has 220 valence electrons. The van der Waals surface area contributed by atoms with Crippen molar-refractivity contribution in [1.82, 2.24) is 9.88 Å². The van der Waals surface area contributed by atoms with Crippen molar-refractivity contribution in [3.05, 3.63) is 59.3 Å². The molecule has 3 heterocycles. The molecular weight excluding hydrogens is 564 g/mol. The van der Waals surface area contributed by atoms with Crippen LogP contribution in [0.15, 0.2) is 42.6 Å². The molecule has 0 bridgehead atoms. The third-order valence-electron chi connectivity index (χ3n) is 7.56. The zero-order valence-corrected chi connectivity index (χ0v) is 21.7. The lowest BCUT2D eigenvalue weighted by atomic mass is 9.86. The van der Waals surface area contributed by atoms with Crippen molar-refractivity contribution >= 4 is 10.9 Å². The summed E-state index contributed by atoms with van der Waals surface area (Å²) in [5.74, 6) is -4.76. The summed E-state index contributed by atoms with van der Waals surface area (Å²) < 4.78 is 64.7. The molecule has 0 amide bonds. The predicted octanol–water partition coefficient (Wildman–Crippen LogP) is 5.21. The highest BCUT2D eigenvalue weighted by atomic mass is 19.4. The summed E-state index contributed by atoms with van der Waals surface area (Å²) in [7, 11) is 0. The molecule has 1 atom stereocenters. The minimum Gasteiger partial charge on any atom is -0.508 e. The molecule has 1 fully saturated rings. The molecule has 1 saturated heterocycles. The van der Waals surface area contributed by atoms with E-state index in [0.717, 1.165) is 12.1 Å². The number of phenolic OH excluding ortho intramolecular Hbond substituents is 5. The number of pyridine rings is 1. The van der Waals surface area contributed by atoms with Gasteiger partial charge in [0.25, 0.3) is 0 Å². The Bertz CT molecular complexity index is 1680. The van der Waals surface area contributed by atoms with Gasteiger partial charge in [-0.05, 0) is 30.3 Å². The molecule has 5 N–H and O–H groups in total. The molecule has 3 aromatic carbocycles. The molecule has 42 heavy (non-hydrogen) atoms. The number of hydrogen-bond donors (Lipinski definition) is 5. The lowest BCUT2D eigenvalue weighted by Gasteiger charge is -2.37. The molecule has 13 heteroatoms. The van der Waals surface area contributed by atoms with Gasteiger partial charge in [-0.1, -0.05) is 0 Å². The second-order valence-corrected chi connectivity index (χ2v) is 10.3. The highest BCUT2D eigenvalue weighted by molar-refractivity contribution is 5.93. The summed E-state index contributed by atoms with van der Waals surface area (Å²) in [5, 5.41) is 54.1. The number of nitrogens with zero attached hydrogens (tertiary/aromatic N) is 2. The maximum absolute atomic E-state index is 13.5. The molecule has 6 rings (SSSR count). The van der Waals surface area contributed by atoms with Crippen molar-refractivity contribution in [2.45, 2.75) is 12.3 Å². The second-order valence-electron chi connectivity index (χ2n) is 10.3. The topological polar surface area (TPSA) is 136 Å². The van der Waals surface area contributed by atoms with Crippen LogP contribution in [0.1, 0.15) is 22.8 Å². The van der Waals surface area contributed by atoms with Gasteiger partial charge >= 0.3 is 6.18 Å². The molecule has 0 saturated carbocycles. The van der Waals surface area contributed by atoms with E-state index in [1.54, 1.807) is 0 Å². The Morgan fingerprint density at radius 3 is 2.29 bits per heavy atom. The van der Waals surface area contributed by atoms with Crippen LogP contribution in [-0.4, -0.2) is 68.3 Å². The minimum absolute atomic E-state index is 0.0647. The van der Waals surface area contributed by atoms with Gasteiger partial charge in [0.2, 0.25) is 17.2 Å². The Hall–Kier alpha value is -4.65. The van der Waals surface area contributed by atoms with Gasteiger partial charge in [0.05, 0.1) is 23.3 Å². The molecular formula is C29H24F4N2O7. The number of likely N-dealkylation sites (tertiary alicyclic amines) is 1. The molecule has 0 radical (unpaired) electrons. The summed E-state index contributed by atoms with van der Waals surface area (Å²) in [5.41, 5.74) is -0.491. The van der Waals surface area contributed by atoms with Crippen LogP contribution in [0.3, 0.4) is 0 Å². The van der Waals surface area contributed by atoms with Crippen molar-refractivity contribution in [1.29, 1.82) is 0 Å². The first-order valence-electron chi connectivity index (χ1n) is 12.9. The summed E-state index contributed by atoms with van der Waals surface area (Å²) in [6.07, 6.45) is -4.89. The Kier molecular flexibility index (Phi) is 6.56. The number of fused-ring (bicyclic) bond motifs is 5. The number of phenols is 5. The third-order valence-corrected chi connectivity index (χ3v) is 7.56. The van der Waals surface area contributed by atoms with Crippen LogP contribution in [0.25, 0.3) is 22.0 Å². The van der Waals surface area contributed by atoms with Crippen LogP contribution in [0.5, 0.6) is 40.2 Å². The first-order valence-corrected chi connectivity index (χ1v) is 12.9. The molecule has 1 aromatic heterocycles. The number of rotatable bonds is 6. The Labute approximate surface area is 235 Å². The van der Waals surface area contributed by atoms with E-state index in [1.807, 2.05) is 4.90 Å². The fraction of sp³-hybridized carbons (Fsp3) is 0.276. The maximum atomic E-state index is 13.5. The zero-order valence-electron chi connectivity index (χ0n) is 21.7. The fourth-order valence-corrected chi connectivity index (χ4v) is 5.42. The monoisotopic (exact) mass is 588 g/mol. The van der Waals surface area contributed by atoms with Gasteiger partial charge in [-0.15, -0.1) is 0 Å². The highest BCUT2D eigenvalue weighted by Gasteiger charge is 2.39. The van der Waals surface area contributed by atoms with E-state index >= 15 is 0 Å². The van der Waals surface area contributed by atoms with E-state index in [0.29, 0.717) is 30.6 Å². The Balaban J connectivity index is 1.46. The smallest absolute Gasteiger partial charge is 0.416 e. The van der Waals surface area contributed by atoms with Gasteiger partial charge in [0.15, 0.2) is 17.6 Å². The van der Waals surface area contributed by atoms with Crippen LogP contribution in [0.4, 0.5) is 17.6 Å². The number of aromatic nitrogens is 1. The molecule has 9 nitrogen and oxygen atoms in total. The summed E-state index contributed by atoms with van der Waals surface area (Å²) in [6, 6.07) is 7.03. The SMILES string of the molecule is Oc1ccc2c3c(cnc2c1)-c1ccc(C(F)(F)F)cc1OC3c1c(O)c(O)c(OCCN2CC(CF)C2)c(O)c1O. The molecule has 2 aliphatic heterocycles. The van der Waals surface area contributed by atoms with Gasteiger partial charge in [-0.3, -0.25) is 14.3 Å². The second kappa shape index (κ2) is 10.0. The molecule has 4 aromatic rings. The number of benzene rings is 3. The van der Waals surface area contributed by atoms with Gasteiger partial charge in [0, 0.05) is 59.9 Å². The summed E-state index contributed by atoms with van der Waals surface area (Å²) in [6.45, 7) is 0.840. The van der Waals surface area contributed by atoms with Crippen molar-refractivity contribution in [2.75, 3.05) is 32.9 Å². The largest absolute Gasteiger partial charge is 0.508 e.